The standard InChI is InChI=1S/C22H13BF6N2S2/c24-21(25,26)12-5-8-16(15(11-12)22(27,28)29)23-30-19-13(17-3-1-9-32-17)6-7-14(20(19)31-23)18-4-2-10-33-18/h1-11,30-31H. The van der Waals surface area contributed by atoms with Crippen molar-refractivity contribution in [3.05, 3.63) is 76.5 Å². The molecule has 1 aliphatic rings. The molecule has 0 saturated heterocycles. The Labute approximate surface area is 193 Å². The van der Waals surface area contributed by atoms with Crippen LogP contribution < -0.4 is 15.9 Å². The average molecular weight is 494 g/mol. The Hall–Kier alpha value is -2.92. The predicted octanol–water partition coefficient (Wildman–Crippen LogP) is 7.41. The Kier molecular flexibility index (Phi) is 5.21. The zero-order valence-corrected chi connectivity index (χ0v) is 18.1. The maximum atomic E-state index is 13.8. The van der Waals surface area contributed by atoms with Gasteiger partial charge in [-0.15, -0.1) is 22.7 Å². The van der Waals surface area contributed by atoms with Crippen LogP contribution in [0, 0.1) is 0 Å². The first kappa shape index (κ1) is 21.9. The highest BCUT2D eigenvalue weighted by atomic mass is 32.1. The molecule has 1 aliphatic heterocycles. The fourth-order valence-corrected chi connectivity index (χ4v) is 5.40. The fraction of sp³-hybridized carbons (Fsp3) is 0.0909. The molecule has 2 aromatic carbocycles. The molecule has 0 bridgehead atoms. The van der Waals surface area contributed by atoms with E-state index in [4.69, 9.17) is 0 Å². The number of halogens is 6. The molecule has 0 amide bonds. The van der Waals surface area contributed by atoms with Gasteiger partial charge in [0.2, 0.25) is 0 Å². The van der Waals surface area contributed by atoms with Crippen molar-refractivity contribution >= 4 is 46.5 Å². The molecule has 0 fully saturated rings. The van der Waals surface area contributed by atoms with E-state index in [2.05, 4.69) is 10.5 Å². The van der Waals surface area contributed by atoms with Gasteiger partial charge < -0.3 is 10.5 Å². The Morgan fingerprint density at radius 1 is 0.667 bits per heavy atom. The number of alkyl halides is 6. The average Bonchev–Trinajstić information content (AvgIpc) is 3.53. The van der Waals surface area contributed by atoms with Gasteiger partial charge in [-0.1, -0.05) is 36.4 Å². The number of thiophene rings is 2. The van der Waals surface area contributed by atoms with E-state index in [9.17, 15) is 26.3 Å². The van der Waals surface area contributed by atoms with Crippen LogP contribution in [0.2, 0.25) is 0 Å². The lowest BCUT2D eigenvalue weighted by Crippen LogP contribution is -2.45. The Bertz CT molecular complexity index is 1230. The molecule has 0 saturated carbocycles. The molecule has 4 aromatic rings. The first-order valence-electron chi connectivity index (χ1n) is 9.69. The van der Waals surface area contributed by atoms with Gasteiger partial charge in [-0.3, -0.25) is 0 Å². The number of hydrogen-bond acceptors (Lipinski definition) is 4. The van der Waals surface area contributed by atoms with Crippen LogP contribution in [0.4, 0.5) is 37.7 Å². The van der Waals surface area contributed by atoms with Crippen molar-refractivity contribution in [1.29, 1.82) is 0 Å². The van der Waals surface area contributed by atoms with Crippen LogP contribution in [0.15, 0.2) is 65.4 Å². The zero-order valence-electron chi connectivity index (χ0n) is 16.5. The molecular formula is C22H13BF6N2S2. The normalized spacial score (nSPS) is 13.6. The Morgan fingerprint density at radius 2 is 1.21 bits per heavy atom. The summed E-state index contributed by atoms with van der Waals surface area (Å²) >= 11 is 2.97. The third-order valence-corrected chi connectivity index (χ3v) is 7.16. The highest BCUT2D eigenvalue weighted by Gasteiger charge is 2.42. The molecule has 168 valence electrons. The van der Waals surface area contributed by atoms with Crippen molar-refractivity contribution in [1.82, 2.24) is 0 Å². The van der Waals surface area contributed by atoms with Gasteiger partial charge in [-0.2, -0.15) is 26.3 Å². The summed E-state index contributed by atoms with van der Waals surface area (Å²) in [6.45, 7) is -1.06. The van der Waals surface area contributed by atoms with Gasteiger partial charge in [0.1, 0.15) is 0 Å². The van der Waals surface area contributed by atoms with Crippen LogP contribution in [0.25, 0.3) is 20.9 Å². The minimum absolute atomic E-state index is 0.169. The van der Waals surface area contributed by atoms with Crippen molar-refractivity contribution in [2.45, 2.75) is 12.4 Å². The highest BCUT2D eigenvalue weighted by Crippen LogP contribution is 2.46. The van der Waals surface area contributed by atoms with Gasteiger partial charge in [0.15, 0.2) is 0 Å². The van der Waals surface area contributed by atoms with Crippen LogP contribution in [-0.2, 0) is 12.4 Å². The number of anilines is 2. The van der Waals surface area contributed by atoms with Gasteiger partial charge in [-0.25, -0.2) is 0 Å². The molecule has 0 unspecified atom stereocenters. The van der Waals surface area contributed by atoms with Crippen molar-refractivity contribution in [3.8, 4) is 20.9 Å². The quantitative estimate of drug-likeness (QED) is 0.229. The molecule has 0 atom stereocenters. The molecule has 3 heterocycles. The maximum Gasteiger partial charge on any atom is 0.416 e. The van der Waals surface area contributed by atoms with Crippen LogP contribution in [-0.4, -0.2) is 6.98 Å². The number of fused-ring (bicyclic) bond motifs is 1. The smallest absolute Gasteiger partial charge is 0.403 e. The molecule has 11 heteroatoms. The summed E-state index contributed by atoms with van der Waals surface area (Å²) in [6.07, 6.45) is -9.83. The molecule has 0 radical (unpaired) electrons. The van der Waals surface area contributed by atoms with Crippen molar-refractivity contribution in [2.24, 2.45) is 0 Å². The lowest BCUT2D eigenvalue weighted by molar-refractivity contribution is -0.142. The van der Waals surface area contributed by atoms with Gasteiger partial charge >= 0.3 is 19.3 Å². The van der Waals surface area contributed by atoms with Crippen molar-refractivity contribution in [3.63, 3.8) is 0 Å². The predicted molar refractivity (Wildman–Crippen MR) is 122 cm³/mol. The summed E-state index contributed by atoms with van der Waals surface area (Å²) in [7, 11) is 0. The SMILES string of the molecule is FC(F)(F)c1ccc(B2Nc3c(-c4cccs4)ccc(-c4cccs4)c3N2)c(C(F)(F)F)c1. The molecule has 2 aromatic heterocycles. The van der Waals surface area contributed by atoms with E-state index in [-0.39, 0.29) is 11.5 Å². The highest BCUT2D eigenvalue weighted by molar-refractivity contribution is 7.14. The Balaban J connectivity index is 1.64. The first-order valence-corrected chi connectivity index (χ1v) is 11.4. The number of benzene rings is 2. The molecule has 2 N–H and O–H groups in total. The van der Waals surface area contributed by atoms with Crippen LogP contribution in [0.1, 0.15) is 11.1 Å². The second kappa shape index (κ2) is 7.84. The molecule has 2 nitrogen and oxygen atoms in total. The summed E-state index contributed by atoms with van der Waals surface area (Å²) in [5, 5.41) is 9.99. The van der Waals surface area contributed by atoms with E-state index < -0.39 is 30.5 Å². The Morgan fingerprint density at radius 3 is 1.64 bits per heavy atom. The third-order valence-electron chi connectivity index (χ3n) is 5.35. The molecule has 5 rings (SSSR count). The van der Waals surface area contributed by atoms with E-state index in [1.54, 1.807) is 0 Å². The van der Waals surface area contributed by atoms with Crippen LogP contribution in [0.5, 0.6) is 0 Å². The summed E-state index contributed by atoms with van der Waals surface area (Å²) in [4.78, 5) is 1.84. The summed E-state index contributed by atoms with van der Waals surface area (Å²) in [5.41, 5.74) is -0.145. The molecule has 0 aliphatic carbocycles. The zero-order chi connectivity index (χ0) is 23.4. The summed E-state index contributed by atoms with van der Waals surface area (Å²) < 4.78 is 80.7. The second-order valence-corrected chi connectivity index (χ2v) is 9.28. The minimum Gasteiger partial charge on any atom is -0.403 e. The number of nitrogens with one attached hydrogen (secondary N) is 2. The fourth-order valence-electron chi connectivity index (χ4n) is 3.89. The van der Waals surface area contributed by atoms with Crippen LogP contribution >= 0.6 is 22.7 Å². The summed E-state index contributed by atoms with van der Waals surface area (Å²) in [5.74, 6) is 0. The largest absolute Gasteiger partial charge is 0.416 e. The first-order chi connectivity index (χ1) is 15.6. The van der Waals surface area contributed by atoms with Gasteiger partial charge in [0.25, 0.3) is 0 Å². The monoisotopic (exact) mass is 494 g/mol. The van der Waals surface area contributed by atoms with E-state index >= 15 is 0 Å². The minimum atomic E-state index is -4.96. The van der Waals surface area contributed by atoms with Gasteiger partial charge in [0, 0.05) is 20.9 Å². The van der Waals surface area contributed by atoms with E-state index in [0.29, 0.717) is 17.4 Å². The van der Waals surface area contributed by atoms with Gasteiger partial charge in [-0.05, 0) is 34.4 Å². The van der Waals surface area contributed by atoms with Crippen LogP contribution in [0.3, 0.4) is 0 Å². The van der Waals surface area contributed by atoms with E-state index in [0.717, 1.165) is 26.9 Å². The van der Waals surface area contributed by atoms with E-state index in [1.807, 2.05) is 47.2 Å². The van der Waals surface area contributed by atoms with Gasteiger partial charge in [0.05, 0.1) is 22.5 Å². The van der Waals surface area contributed by atoms with Crippen molar-refractivity contribution in [2.75, 3.05) is 10.5 Å². The third kappa shape index (κ3) is 3.99. The van der Waals surface area contributed by atoms with Crippen molar-refractivity contribution < 1.29 is 26.3 Å². The number of rotatable bonds is 3. The van der Waals surface area contributed by atoms with E-state index in [1.165, 1.54) is 22.7 Å². The lowest BCUT2D eigenvalue weighted by Gasteiger charge is -2.18. The molecule has 0 spiro atoms. The number of hydrogen-bond donors (Lipinski definition) is 2. The molecule has 33 heavy (non-hydrogen) atoms. The maximum absolute atomic E-state index is 13.8. The lowest BCUT2D eigenvalue weighted by atomic mass is 9.66. The summed E-state index contributed by atoms with van der Waals surface area (Å²) in [6, 6.07) is 13.1. The topological polar surface area (TPSA) is 24.1 Å². The second-order valence-electron chi connectivity index (χ2n) is 7.38. The molecular weight excluding hydrogens is 481 g/mol.